The van der Waals surface area contributed by atoms with Gasteiger partial charge in [0.2, 0.25) is 0 Å². The molecule has 0 saturated carbocycles. The van der Waals surface area contributed by atoms with Crippen LogP contribution in [0.1, 0.15) is 0 Å². The lowest BCUT2D eigenvalue weighted by molar-refractivity contribution is 1.17. The number of halogens is 1. The van der Waals surface area contributed by atoms with Crippen molar-refractivity contribution in [3.05, 3.63) is 0 Å². The van der Waals surface area contributed by atoms with Gasteiger partial charge in [0.25, 0.3) is 0 Å². The molecule has 1 aliphatic rings. The summed E-state index contributed by atoms with van der Waals surface area (Å²) in [6.45, 7) is 0. The molecule has 1 aliphatic heterocycles. The fraction of sp³-hybridized carbons (Fsp3) is 1.00. The van der Waals surface area contributed by atoms with Gasteiger partial charge in [0.05, 0.1) is 0 Å². The third kappa shape index (κ3) is 2.29. The predicted octanol–water partition coefficient (Wildman–Crippen LogP) is 2.19. The van der Waals surface area contributed by atoms with Crippen LogP contribution >= 0.6 is 39.5 Å². The molecule has 0 aliphatic carbocycles. The van der Waals surface area contributed by atoms with Crippen LogP contribution in [0.15, 0.2) is 0 Å². The second-order valence-electron chi connectivity index (χ2n) is 1.46. The van der Waals surface area contributed by atoms with E-state index in [1.165, 1.54) is 16.6 Å². The molecule has 1 rings (SSSR count). The maximum absolute atomic E-state index is 3.55. The maximum atomic E-state index is 3.55. The number of alkyl halides is 1. The van der Waals surface area contributed by atoms with E-state index in [1.807, 2.05) is 23.5 Å². The fourth-order valence-electron chi connectivity index (χ4n) is 0.459. The van der Waals surface area contributed by atoms with Gasteiger partial charge in [-0.1, -0.05) is 15.9 Å². The zero-order chi connectivity index (χ0) is 5.11. The lowest BCUT2D eigenvalue weighted by Crippen LogP contribution is -2.09. The van der Waals surface area contributed by atoms with Crippen LogP contribution in [0.5, 0.6) is 0 Å². The van der Waals surface area contributed by atoms with E-state index in [-0.39, 0.29) is 0 Å². The summed E-state index contributed by atoms with van der Waals surface area (Å²) in [6.07, 6.45) is 0. The normalized spacial score (nSPS) is 25.3. The average Bonchev–Trinajstić information content (AvgIpc) is 1.69. The van der Waals surface area contributed by atoms with E-state index in [9.17, 15) is 0 Å². The van der Waals surface area contributed by atoms with Crippen LogP contribution in [-0.2, 0) is 0 Å². The Hall–Kier alpha value is 1.18. The quantitative estimate of drug-likeness (QED) is 0.548. The smallest absolute Gasteiger partial charge is 0.0392 e. The SMILES string of the molecule is BrC1CSCSC1. The van der Waals surface area contributed by atoms with E-state index >= 15 is 0 Å². The first-order chi connectivity index (χ1) is 3.39. The molecule has 42 valence electrons. The summed E-state index contributed by atoms with van der Waals surface area (Å²) < 4.78 is 0. The van der Waals surface area contributed by atoms with E-state index < -0.39 is 0 Å². The summed E-state index contributed by atoms with van der Waals surface area (Å²) in [5.74, 6) is 2.60. The highest BCUT2D eigenvalue weighted by molar-refractivity contribution is 9.09. The van der Waals surface area contributed by atoms with Crippen molar-refractivity contribution in [3.63, 3.8) is 0 Å². The van der Waals surface area contributed by atoms with Crippen LogP contribution in [0, 0.1) is 0 Å². The molecule has 0 amide bonds. The minimum Gasteiger partial charge on any atom is -0.150 e. The molecule has 0 aromatic rings. The zero-order valence-corrected chi connectivity index (χ0v) is 7.11. The summed E-state index contributed by atoms with van der Waals surface area (Å²) >= 11 is 7.58. The van der Waals surface area contributed by atoms with E-state index in [2.05, 4.69) is 15.9 Å². The Labute approximate surface area is 60.9 Å². The maximum Gasteiger partial charge on any atom is 0.0392 e. The Morgan fingerprint density at radius 2 is 1.86 bits per heavy atom. The lowest BCUT2D eigenvalue weighted by atomic mass is 10.6. The molecule has 7 heavy (non-hydrogen) atoms. The van der Waals surface area contributed by atoms with Crippen molar-refractivity contribution in [1.82, 2.24) is 0 Å². The Bertz CT molecular complexity index is 51.7. The fourth-order valence-corrected chi connectivity index (χ4v) is 3.72. The molecule has 1 saturated heterocycles. The minimum absolute atomic E-state index is 0.774. The van der Waals surface area contributed by atoms with Gasteiger partial charge in [-0.2, -0.15) is 0 Å². The van der Waals surface area contributed by atoms with Crippen LogP contribution in [0.4, 0.5) is 0 Å². The van der Waals surface area contributed by atoms with Gasteiger partial charge in [0.15, 0.2) is 0 Å². The molecule has 0 atom stereocenters. The molecular weight excluding hydrogens is 192 g/mol. The topological polar surface area (TPSA) is 0 Å². The predicted molar refractivity (Wildman–Crippen MR) is 42.5 cm³/mol. The largest absolute Gasteiger partial charge is 0.150 e. The Morgan fingerprint density at radius 3 is 2.14 bits per heavy atom. The van der Waals surface area contributed by atoms with Gasteiger partial charge in [-0.3, -0.25) is 0 Å². The molecule has 0 nitrogen and oxygen atoms in total. The first kappa shape index (κ1) is 6.30. The lowest BCUT2D eigenvalue weighted by Gasteiger charge is -2.13. The second kappa shape index (κ2) is 3.25. The van der Waals surface area contributed by atoms with E-state index in [1.54, 1.807) is 0 Å². The average molecular weight is 199 g/mol. The Kier molecular flexibility index (Phi) is 2.93. The van der Waals surface area contributed by atoms with E-state index in [0.717, 1.165) is 4.83 Å². The van der Waals surface area contributed by atoms with Crippen molar-refractivity contribution in [1.29, 1.82) is 0 Å². The highest BCUT2D eigenvalue weighted by Crippen LogP contribution is 2.25. The first-order valence-corrected chi connectivity index (χ1v) is 5.41. The molecular formula is C4H7BrS2. The van der Waals surface area contributed by atoms with Crippen molar-refractivity contribution < 1.29 is 0 Å². The highest BCUT2D eigenvalue weighted by Gasteiger charge is 2.08. The van der Waals surface area contributed by atoms with Crippen molar-refractivity contribution in [2.75, 3.05) is 16.6 Å². The summed E-state index contributed by atoms with van der Waals surface area (Å²) in [5, 5.41) is 1.29. The number of thioether (sulfide) groups is 2. The summed E-state index contributed by atoms with van der Waals surface area (Å²) in [4.78, 5) is 0.774. The molecule has 0 spiro atoms. The van der Waals surface area contributed by atoms with Gasteiger partial charge in [0, 0.05) is 21.4 Å². The molecule has 1 fully saturated rings. The van der Waals surface area contributed by atoms with Crippen LogP contribution < -0.4 is 0 Å². The molecule has 0 aromatic carbocycles. The number of rotatable bonds is 0. The van der Waals surface area contributed by atoms with Crippen molar-refractivity contribution >= 4 is 39.5 Å². The number of hydrogen-bond donors (Lipinski definition) is 0. The van der Waals surface area contributed by atoms with Crippen LogP contribution in [-0.4, -0.2) is 21.4 Å². The summed E-state index contributed by atoms with van der Waals surface area (Å²) in [6, 6.07) is 0. The third-order valence-corrected chi connectivity index (χ3v) is 4.88. The molecule has 0 N–H and O–H groups in total. The second-order valence-corrected chi connectivity index (χ2v) is 5.18. The van der Waals surface area contributed by atoms with E-state index in [0.29, 0.717) is 0 Å². The van der Waals surface area contributed by atoms with Gasteiger partial charge in [-0.15, -0.1) is 23.5 Å². The summed E-state index contributed by atoms with van der Waals surface area (Å²) in [7, 11) is 0. The van der Waals surface area contributed by atoms with Crippen LogP contribution in [0.3, 0.4) is 0 Å². The Morgan fingerprint density at radius 1 is 1.29 bits per heavy atom. The van der Waals surface area contributed by atoms with Crippen LogP contribution in [0.2, 0.25) is 0 Å². The molecule has 0 aromatic heterocycles. The zero-order valence-electron chi connectivity index (χ0n) is 3.89. The molecule has 0 radical (unpaired) electrons. The van der Waals surface area contributed by atoms with Gasteiger partial charge in [-0.05, 0) is 0 Å². The molecule has 3 heteroatoms. The minimum atomic E-state index is 0.774. The van der Waals surface area contributed by atoms with E-state index in [4.69, 9.17) is 0 Å². The van der Waals surface area contributed by atoms with Crippen molar-refractivity contribution in [2.24, 2.45) is 0 Å². The molecule has 1 heterocycles. The van der Waals surface area contributed by atoms with Gasteiger partial charge in [-0.25, -0.2) is 0 Å². The van der Waals surface area contributed by atoms with Gasteiger partial charge >= 0.3 is 0 Å². The van der Waals surface area contributed by atoms with Crippen molar-refractivity contribution in [2.45, 2.75) is 4.83 Å². The molecule has 0 bridgehead atoms. The standard InChI is InChI=1S/C4H7BrS2/c5-4-1-6-3-7-2-4/h4H,1-3H2. The monoisotopic (exact) mass is 198 g/mol. The highest BCUT2D eigenvalue weighted by atomic mass is 79.9. The molecule has 0 unspecified atom stereocenters. The van der Waals surface area contributed by atoms with Gasteiger partial charge < -0.3 is 0 Å². The Balaban J connectivity index is 2.12. The summed E-state index contributed by atoms with van der Waals surface area (Å²) in [5.41, 5.74) is 0. The number of hydrogen-bond acceptors (Lipinski definition) is 2. The van der Waals surface area contributed by atoms with Crippen molar-refractivity contribution in [3.8, 4) is 0 Å². The van der Waals surface area contributed by atoms with Gasteiger partial charge in [0.1, 0.15) is 0 Å². The first-order valence-electron chi connectivity index (χ1n) is 2.19. The third-order valence-electron chi connectivity index (χ3n) is 0.764. The van der Waals surface area contributed by atoms with Crippen LogP contribution in [0.25, 0.3) is 0 Å².